The zero-order valence-corrected chi connectivity index (χ0v) is 21.2. The molecular weight excluding hydrogens is 446 g/mol. The summed E-state index contributed by atoms with van der Waals surface area (Å²) in [5.41, 5.74) is 0.458. The van der Waals surface area contributed by atoms with Crippen molar-refractivity contribution in [3.8, 4) is 0 Å². The number of Topliss-reactive ketones (excluding diaryl/α,β-unsaturated/α-hetero) is 1. The van der Waals surface area contributed by atoms with Gasteiger partial charge in [-0.05, 0) is 43.4 Å². The van der Waals surface area contributed by atoms with Crippen molar-refractivity contribution in [3.05, 3.63) is 35.4 Å². The van der Waals surface area contributed by atoms with Gasteiger partial charge < -0.3 is 14.6 Å². The molecule has 0 radical (unpaired) electrons. The molecule has 6 nitrogen and oxygen atoms in total. The monoisotopic (exact) mass is 484 g/mol. The number of hydrogen-bond donors (Lipinski definition) is 1. The summed E-state index contributed by atoms with van der Waals surface area (Å²) in [7, 11) is -1.24. The Kier molecular flexibility index (Phi) is 8.80. The number of ketones is 1. The van der Waals surface area contributed by atoms with Crippen LogP contribution >= 0.6 is 0 Å². The van der Waals surface area contributed by atoms with Crippen LogP contribution in [0.25, 0.3) is 0 Å². The van der Waals surface area contributed by atoms with Crippen LogP contribution in [0, 0.1) is 5.92 Å². The minimum atomic E-state index is -3.31. The van der Waals surface area contributed by atoms with E-state index in [1.165, 1.54) is 12.1 Å². The molecule has 0 aliphatic carbocycles. The molecule has 0 saturated carbocycles. The van der Waals surface area contributed by atoms with Crippen molar-refractivity contribution in [1.82, 2.24) is 10.0 Å². The zero-order valence-electron chi connectivity index (χ0n) is 20.2. The third-order valence-corrected chi connectivity index (χ3v) is 8.32. The fourth-order valence-corrected chi connectivity index (χ4v) is 5.36. The van der Waals surface area contributed by atoms with Gasteiger partial charge in [-0.1, -0.05) is 37.8 Å². The summed E-state index contributed by atoms with van der Waals surface area (Å²) in [5.74, 6) is -3.02. The molecule has 2 unspecified atom stereocenters. The number of carbonyl (C=O) groups is 1. The molecule has 2 heterocycles. The first-order valence-corrected chi connectivity index (χ1v) is 15.5. The van der Waals surface area contributed by atoms with Gasteiger partial charge in [-0.3, -0.25) is 4.79 Å². The third kappa shape index (κ3) is 6.67. The quantitative estimate of drug-likeness (QED) is 0.400. The second kappa shape index (κ2) is 11.0. The number of alkyl halides is 2. The van der Waals surface area contributed by atoms with E-state index in [0.717, 1.165) is 18.9 Å². The van der Waals surface area contributed by atoms with E-state index in [-0.39, 0.29) is 35.9 Å². The highest BCUT2D eigenvalue weighted by Gasteiger charge is 2.46. The molecule has 33 heavy (non-hydrogen) atoms. The van der Waals surface area contributed by atoms with Gasteiger partial charge in [0.05, 0.1) is 12.6 Å². The van der Waals surface area contributed by atoms with E-state index < -0.39 is 20.6 Å². The maximum atomic E-state index is 14.2. The van der Waals surface area contributed by atoms with Gasteiger partial charge in [-0.15, -0.1) is 0 Å². The number of aliphatic hydroxyl groups excluding tert-OH is 1. The average Bonchev–Trinajstić information content (AvgIpc) is 3.12. The summed E-state index contributed by atoms with van der Waals surface area (Å²) in [6.07, 6.45) is 1.60. The van der Waals surface area contributed by atoms with E-state index in [4.69, 9.17) is 14.6 Å². The molecule has 9 heteroatoms. The van der Waals surface area contributed by atoms with Gasteiger partial charge in [-0.2, -0.15) is 8.78 Å². The number of nitrogens with zero attached hydrogens (tertiary/aromatic N) is 2. The molecule has 0 bridgehead atoms. The topological polar surface area (TPSA) is 62.2 Å². The molecule has 2 aliphatic rings. The molecular formula is C24H38F2N2O4Si. The number of halogens is 2. The Morgan fingerprint density at radius 1 is 1.27 bits per heavy atom. The van der Waals surface area contributed by atoms with E-state index in [0.29, 0.717) is 32.1 Å². The van der Waals surface area contributed by atoms with Gasteiger partial charge in [0.2, 0.25) is 0 Å². The maximum Gasteiger partial charge on any atom is 0.295 e. The van der Waals surface area contributed by atoms with Crippen LogP contribution in [0.3, 0.4) is 0 Å². The number of rotatable bonds is 10. The largest absolute Gasteiger partial charge is 0.390 e. The van der Waals surface area contributed by atoms with Crippen molar-refractivity contribution >= 4 is 13.9 Å². The highest BCUT2D eigenvalue weighted by molar-refractivity contribution is 6.76. The second-order valence-electron chi connectivity index (χ2n) is 10.4. The molecule has 1 aromatic rings. The van der Waals surface area contributed by atoms with E-state index in [9.17, 15) is 13.6 Å². The number of ether oxygens (including phenoxy) is 2. The zero-order chi connectivity index (χ0) is 24.2. The molecule has 2 fully saturated rings. The van der Waals surface area contributed by atoms with Gasteiger partial charge in [-0.25, -0.2) is 10.0 Å². The molecule has 186 valence electrons. The lowest BCUT2D eigenvalue weighted by Crippen LogP contribution is -2.48. The lowest BCUT2D eigenvalue weighted by Gasteiger charge is -2.40. The normalized spacial score (nSPS) is 22.8. The predicted molar refractivity (Wildman–Crippen MR) is 126 cm³/mol. The van der Waals surface area contributed by atoms with Crippen LogP contribution in [0.4, 0.5) is 8.78 Å². The molecule has 1 aromatic carbocycles. The van der Waals surface area contributed by atoms with Crippen molar-refractivity contribution < 1.29 is 28.2 Å². The smallest absolute Gasteiger partial charge is 0.295 e. The molecule has 2 aliphatic heterocycles. The Labute approximate surface area is 196 Å². The van der Waals surface area contributed by atoms with Crippen LogP contribution in [-0.4, -0.2) is 74.7 Å². The maximum absolute atomic E-state index is 14.2. The van der Waals surface area contributed by atoms with Crippen molar-refractivity contribution in [2.75, 3.05) is 39.7 Å². The Morgan fingerprint density at radius 3 is 2.61 bits per heavy atom. The first kappa shape index (κ1) is 26.4. The Morgan fingerprint density at radius 2 is 1.97 bits per heavy atom. The fourth-order valence-electron chi connectivity index (χ4n) is 4.61. The molecule has 1 N–H and O–H groups in total. The second-order valence-corrected chi connectivity index (χ2v) is 16.0. The standard InChI is InChI=1S/C24H38F2N2O4Si/c1-18(20-6-5-7-21(14-20)24(25,26)16-29)28-23(19-8-10-31-11-9-19)22(30)15-27(28)17-32-12-13-33(2,3)4/h5-7,14,18-19,23,29H,8-13,15-17H2,1-4H3. The Bertz CT molecular complexity index is 799. The Hall–Kier alpha value is -1.23. The van der Waals surface area contributed by atoms with Crippen molar-refractivity contribution in [3.63, 3.8) is 0 Å². The van der Waals surface area contributed by atoms with E-state index in [1.54, 1.807) is 12.1 Å². The van der Waals surface area contributed by atoms with Crippen LogP contribution in [0.5, 0.6) is 0 Å². The SMILES string of the molecule is CC(c1cccc(C(F)(F)CO)c1)N1C(C2CCOCC2)C(=O)CN1COCC[Si](C)(C)C. The van der Waals surface area contributed by atoms with Crippen molar-refractivity contribution in [2.24, 2.45) is 5.92 Å². The molecule has 0 spiro atoms. The molecule has 2 saturated heterocycles. The summed E-state index contributed by atoms with van der Waals surface area (Å²) in [6.45, 7) is 10.0. The summed E-state index contributed by atoms with van der Waals surface area (Å²) in [6, 6.07) is 6.55. The van der Waals surface area contributed by atoms with Gasteiger partial charge in [0.15, 0.2) is 5.78 Å². The predicted octanol–water partition coefficient (Wildman–Crippen LogP) is 4.04. The van der Waals surface area contributed by atoms with E-state index in [2.05, 4.69) is 19.6 Å². The number of hydrazine groups is 1. The average molecular weight is 485 g/mol. The highest BCUT2D eigenvalue weighted by Crippen LogP contribution is 2.37. The highest BCUT2D eigenvalue weighted by atomic mass is 28.3. The fraction of sp³-hybridized carbons (Fsp3) is 0.708. The van der Waals surface area contributed by atoms with Gasteiger partial charge in [0.25, 0.3) is 5.92 Å². The summed E-state index contributed by atoms with van der Waals surface area (Å²) >= 11 is 0. The van der Waals surface area contributed by atoms with E-state index in [1.807, 2.05) is 16.9 Å². The third-order valence-electron chi connectivity index (χ3n) is 6.62. The minimum Gasteiger partial charge on any atom is -0.390 e. The molecule has 0 amide bonds. The number of aliphatic hydroxyl groups is 1. The number of hydrogen-bond acceptors (Lipinski definition) is 6. The summed E-state index contributed by atoms with van der Waals surface area (Å²) < 4.78 is 39.8. The molecule has 2 atom stereocenters. The van der Waals surface area contributed by atoms with Crippen LogP contribution in [0.1, 0.15) is 36.9 Å². The van der Waals surface area contributed by atoms with Crippen LogP contribution in [0.15, 0.2) is 24.3 Å². The van der Waals surface area contributed by atoms with Gasteiger partial charge in [0, 0.05) is 39.5 Å². The number of carbonyl (C=O) groups excluding carboxylic acids is 1. The first-order chi connectivity index (χ1) is 15.5. The van der Waals surface area contributed by atoms with Crippen LogP contribution < -0.4 is 0 Å². The Balaban J connectivity index is 1.84. The molecule has 3 rings (SSSR count). The summed E-state index contributed by atoms with van der Waals surface area (Å²) in [5, 5.41) is 13.1. The van der Waals surface area contributed by atoms with E-state index >= 15 is 0 Å². The van der Waals surface area contributed by atoms with Gasteiger partial charge >= 0.3 is 0 Å². The van der Waals surface area contributed by atoms with Gasteiger partial charge in [0.1, 0.15) is 13.3 Å². The lowest BCUT2D eigenvalue weighted by atomic mass is 9.88. The number of benzene rings is 1. The minimum absolute atomic E-state index is 0.138. The van der Waals surface area contributed by atoms with Crippen molar-refractivity contribution in [1.29, 1.82) is 0 Å². The lowest BCUT2D eigenvalue weighted by molar-refractivity contribution is -0.130. The molecule has 0 aromatic heterocycles. The van der Waals surface area contributed by atoms with Crippen LogP contribution in [-0.2, 0) is 20.2 Å². The summed E-state index contributed by atoms with van der Waals surface area (Å²) in [4.78, 5) is 13.2. The first-order valence-electron chi connectivity index (χ1n) is 11.8. The van der Waals surface area contributed by atoms with Crippen LogP contribution in [0.2, 0.25) is 25.7 Å². The van der Waals surface area contributed by atoms with Crippen molar-refractivity contribution in [2.45, 2.75) is 63.5 Å².